The van der Waals surface area contributed by atoms with E-state index in [1.807, 2.05) is 60.7 Å². The van der Waals surface area contributed by atoms with Crippen LogP contribution in [0.5, 0.6) is 0 Å². The fourth-order valence-electron chi connectivity index (χ4n) is 3.22. The number of carbonyl (C=O) groups excluding carboxylic acids is 1. The molecule has 6 nitrogen and oxygen atoms in total. The van der Waals surface area contributed by atoms with Crippen LogP contribution in [0.1, 0.15) is 24.3 Å². The second-order valence-electron chi connectivity index (χ2n) is 6.81. The van der Waals surface area contributed by atoms with Crippen molar-refractivity contribution in [2.75, 3.05) is 6.61 Å². The molecule has 29 heavy (non-hydrogen) atoms. The van der Waals surface area contributed by atoms with Gasteiger partial charge in [-0.05, 0) is 5.56 Å². The van der Waals surface area contributed by atoms with Crippen molar-refractivity contribution < 1.29 is 28.8 Å². The standard InChI is InChI=1S/C23H26O6/c1-3-19(25)21(26-14-17-10-6-4-7-11-17)22-20(28-16(2)24)15-27-23(29-22)18-12-8-5-9-13-18/h3-13,19-23,25H,1,14-15H2,2H3/t19-,20+,21-,22-,23-/m1/s1. The van der Waals surface area contributed by atoms with E-state index in [2.05, 4.69) is 6.58 Å². The Morgan fingerprint density at radius 3 is 2.48 bits per heavy atom. The van der Waals surface area contributed by atoms with Gasteiger partial charge in [0.05, 0.1) is 13.2 Å². The third-order valence-electron chi connectivity index (χ3n) is 4.64. The topological polar surface area (TPSA) is 74.2 Å². The third-order valence-corrected chi connectivity index (χ3v) is 4.64. The van der Waals surface area contributed by atoms with E-state index in [1.54, 1.807) is 0 Å². The second kappa shape index (κ2) is 10.3. The molecule has 0 amide bonds. The molecular formula is C23H26O6. The summed E-state index contributed by atoms with van der Waals surface area (Å²) in [6.07, 6.45) is -2.55. The van der Waals surface area contributed by atoms with Gasteiger partial charge in [-0.1, -0.05) is 66.7 Å². The van der Waals surface area contributed by atoms with Crippen LogP contribution in [-0.2, 0) is 30.3 Å². The van der Waals surface area contributed by atoms with E-state index in [-0.39, 0.29) is 13.2 Å². The molecule has 0 radical (unpaired) electrons. The average Bonchev–Trinajstić information content (AvgIpc) is 2.75. The van der Waals surface area contributed by atoms with Gasteiger partial charge in [0.25, 0.3) is 0 Å². The Bertz CT molecular complexity index is 778. The Labute approximate surface area is 170 Å². The van der Waals surface area contributed by atoms with Gasteiger partial charge < -0.3 is 24.1 Å². The van der Waals surface area contributed by atoms with Crippen LogP contribution < -0.4 is 0 Å². The molecule has 1 saturated heterocycles. The first-order chi connectivity index (χ1) is 14.1. The van der Waals surface area contributed by atoms with E-state index in [1.165, 1.54) is 13.0 Å². The first kappa shape index (κ1) is 21.2. The summed E-state index contributed by atoms with van der Waals surface area (Å²) >= 11 is 0. The Morgan fingerprint density at radius 2 is 1.86 bits per heavy atom. The van der Waals surface area contributed by atoms with E-state index in [0.717, 1.165) is 11.1 Å². The molecule has 1 aliphatic rings. The molecule has 2 aromatic carbocycles. The number of hydrogen-bond donors (Lipinski definition) is 1. The van der Waals surface area contributed by atoms with Crippen molar-refractivity contribution in [3.05, 3.63) is 84.4 Å². The number of hydrogen-bond acceptors (Lipinski definition) is 6. The van der Waals surface area contributed by atoms with Gasteiger partial charge in [-0.2, -0.15) is 0 Å². The molecule has 154 valence electrons. The molecule has 3 rings (SSSR count). The summed E-state index contributed by atoms with van der Waals surface area (Å²) < 4.78 is 23.3. The molecule has 0 spiro atoms. The van der Waals surface area contributed by atoms with Gasteiger partial charge in [-0.15, -0.1) is 6.58 Å². The lowest BCUT2D eigenvalue weighted by molar-refractivity contribution is -0.290. The zero-order valence-electron chi connectivity index (χ0n) is 16.3. The average molecular weight is 398 g/mol. The lowest BCUT2D eigenvalue weighted by Gasteiger charge is -2.40. The fourth-order valence-corrected chi connectivity index (χ4v) is 3.22. The molecule has 0 saturated carbocycles. The van der Waals surface area contributed by atoms with Crippen molar-refractivity contribution >= 4 is 5.97 Å². The van der Waals surface area contributed by atoms with Gasteiger partial charge in [-0.25, -0.2) is 0 Å². The number of aliphatic hydroxyl groups is 1. The second-order valence-corrected chi connectivity index (χ2v) is 6.81. The smallest absolute Gasteiger partial charge is 0.303 e. The molecule has 1 heterocycles. The minimum atomic E-state index is -1.02. The van der Waals surface area contributed by atoms with Gasteiger partial charge in [0.1, 0.15) is 18.3 Å². The van der Waals surface area contributed by atoms with Crippen LogP contribution in [0, 0.1) is 0 Å². The normalized spacial score (nSPS) is 23.7. The van der Waals surface area contributed by atoms with E-state index < -0.39 is 36.7 Å². The fraction of sp³-hybridized carbons (Fsp3) is 0.348. The number of esters is 1. The lowest BCUT2D eigenvalue weighted by Crippen LogP contribution is -2.53. The predicted octanol–water partition coefficient (Wildman–Crippen LogP) is 3.16. The van der Waals surface area contributed by atoms with Gasteiger partial charge in [0, 0.05) is 12.5 Å². The number of aliphatic hydroxyl groups excluding tert-OH is 1. The molecule has 6 heteroatoms. The number of ether oxygens (including phenoxy) is 4. The van der Waals surface area contributed by atoms with Gasteiger partial charge in [0.2, 0.25) is 0 Å². The SMILES string of the molecule is C=C[C@@H](O)[C@@H](OCc1ccccc1)[C@@H]1O[C@H](c2ccccc2)OC[C@@H]1OC(C)=O. The molecule has 1 aliphatic heterocycles. The monoisotopic (exact) mass is 398 g/mol. The number of rotatable bonds is 8. The lowest BCUT2D eigenvalue weighted by atomic mass is 10.0. The van der Waals surface area contributed by atoms with Crippen molar-refractivity contribution in [2.24, 2.45) is 0 Å². The summed E-state index contributed by atoms with van der Waals surface area (Å²) in [5, 5.41) is 10.6. The van der Waals surface area contributed by atoms with Crippen molar-refractivity contribution in [2.45, 2.75) is 44.2 Å². The molecule has 2 aromatic rings. The molecule has 0 unspecified atom stereocenters. The van der Waals surface area contributed by atoms with Crippen LogP contribution in [-0.4, -0.2) is 42.1 Å². The molecule has 1 fully saturated rings. The summed E-state index contributed by atoms with van der Waals surface area (Å²) in [5.41, 5.74) is 1.78. The first-order valence-corrected chi connectivity index (χ1v) is 9.54. The van der Waals surface area contributed by atoms with Gasteiger partial charge in [-0.3, -0.25) is 4.79 Å². The van der Waals surface area contributed by atoms with Crippen LogP contribution >= 0.6 is 0 Å². The highest BCUT2D eigenvalue weighted by Gasteiger charge is 2.42. The van der Waals surface area contributed by atoms with Crippen LogP contribution in [0.4, 0.5) is 0 Å². The highest BCUT2D eigenvalue weighted by atomic mass is 16.7. The summed E-state index contributed by atoms with van der Waals surface area (Å²) in [6.45, 7) is 5.38. The summed E-state index contributed by atoms with van der Waals surface area (Å²) in [4.78, 5) is 11.6. The summed E-state index contributed by atoms with van der Waals surface area (Å²) in [7, 11) is 0. The van der Waals surface area contributed by atoms with Crippen LogP contribution in [0.15, 0.2) is 73.3 Å². The Hall–Kier alpha value is -2.51. The third kappa shape index (κ3) is 5.74. The Morgan fingerprint density at radius 1 is 1.21 bits per heavy atom. The predicted molar refractivity (Wildman–Crippen MR) is 107 cm³/mol. The summed E-state index contributed by atoms with van der Waals surface area (Å²) in [5.74, 6) is -0.458. The summed E-state index contributed by atoms with van der Waals surface area (Å²) in [6, 6.07) is 19.0. The van der Waals surface area contributed by atoms with Gasteiger partial charge in [0.15, 0.2) is 12.4 Å². The number of carbonyl (C=O) groups is 1. The van der Waals surface area contributed by atoms with Crippen LogP contribution in [0.25, 0.3) is 0 Å². The zero-order valence-corrected chi connectivity index (χ0v) is 16.3. The molecule has 5 atom stereocenters. The van der Waals surface area contributed by atoms with Crippen molar-refractivity contribution in [1.82, 2.24) is 0 Å². The van der Waals surface area contributed by atoms with Crippen molar-refractivity contribution in [3.63, 3.8) is 0 Å². The van der Waals surface area contributed by atoms with E-state index in [0.29, 0.717) is 0 Å². The first-order valence-electron chi connectivity index (χ1n) is 9.54. The highest BCUT2D eigenvalue weighted by molar-refractivity contribution is 5.66. The number of benzene rings is 2. The maximum Gasteiger partial charge on any atom is 0.303 e. The molecule has 1 N–H and O–H groups in total. The maximum atomic E-state index is 11.6. The Kier molecular flexibility index (Phi) is 7.55. The quantitative estimate of drug-likeness (QED) is 0.544. The van der Waals surface area contributed by atoms with E-state index in [9.17, 15) is 9.90 Å². The van der Waals surface area contributed by atoms with E-state index >= 15 is 0 Å². The molecular weight excluding hydrogens is 372 g/mol. The van der Waals surface area contributed by atoms with Gasteiger partial charge >= 0.3 is 5.97 Å². The zero-order chi connectivity index (χ0) is 20.6. The van der Waals surface area contributed by atoms with E-state index in [4.69, 9.17) is 18.9 Å². The van der Waals surface area contributed by atoms with Crippen LogP contribution in [0.2, 0.25) is 0 Å². The molecule has 0 aromatic heterocycles. The van der Waals surface area contributed by atoms with Crippen molar-refractivity contribution in [3.8, 4) is 0 Å². The largest absolute Gasteiger partial charge is 0.457 e. The molecule has 0 aliphatic carbocycles. The Balaban J connectivity index is 1.82. The van der Waals surface area contributed by atoms with Crippen molar-refractivity contribution in [1.29, 1.82) is 0 Å². The van der Waals surface area contributed by atoms with Crippen LogP contribution in [0.3, 0.4) is 0 Å². The molecule has 0 bridgehead atoms. The highest BCUT2D eigenvalue weighted by Crippen LogP contribution is 2.31. The minimum Gasteiger partial charge on any atom is -0.457 e. The minimum absolute atomic E-state index is 0.124. The maximum absolute atomic E-state index is 11.6.